The number of nitrogens with zero attached hydrogens (tertiary/aromatic N) is 1. The van der Waals surface area contributed by atoms with Crippen molar-refractivity contribution in [2.75, 3.05) is 13.1 Å². The van der Waals surface area contributed by atoms with Crippen molar-refractivity contribution in [3.05, 3.63) is 54.4 Å². The first-order valence-electron chi connectivity index (χ1n) is 9.89. The molecule has 2 amide bonds. The van der Waals surface area contributed by atoms with Crippen molar-refractivity contribution in [3.63, 3.8) is 0 Å². The molecule has 0 bridgehead atoms. The first-order valence-corrected chi connectivity index (χ1v) is 11.5. The van der Waals surface area contributed by atoms with Crippen LogP contribution in [0.3, 0.4) is 0 Å². The number of benzene rings is 1. The van der Waals surface area contributed by atoms with Gasteiger partial charge in [-0.15, -0.1) is 17.8 Å². The molecule has 0 radical (unpaired) electrons. The number of fused-ring (bicyclic) bond motifs is 1. The molecule has 2 N–H and O–H groups in total. The number of oxime groups is 1. The molecule has 10 heteroatoms. The molecule has 6 nitrogen and oxygen atoms in total. The third kappa shape index (κ3) is 4.46. The van der Waals surface area contributed by atoms with Crippen molar-refractivity contribution in [1.82, 2.24) is 10.6 Å². The van der Waals surface area contributed by atoms with Gasteiger partial charge in [-0.3, -0.25) is 9.59 Å². The molecule has 2 aromatic rings. The van der Waals surface area contributed by atoms with Gasteiger partial charge in [0.25, 0.3) is 5.91 Å². The molecule has 2 heterocycles. The van der Waals surface area contributed by atoms with E-state index in [4.69, 9.17) is 34.5 Å². The molecule has 4 rings (SSSR count). The molecular formula is C22H18Cl2FN3O3S. The Morgan fingerprint density at radius 1 is 1.25 bits per heavy atom. The summed E-state index contributed by atoms with van der Waals surface area (Å²) in [5.74, 6) is 0.988. The topological polar surface area (TPSA) is 79.8 Å². The van der Waals surface area contributed by atoms with Gasteiger partial charge < -0.3 is 15.5 Å². The number of terminal acetylenes is 1. The SMILES string of the molecule is C#CCNC(=O)CNC(=O)c1sc(C2=NO[C@H](c3cc(Cl)c(F)c(Cl)c3)C2)c2c1CCC2. The Balaban J connectivity index is 1.50. The van der Waals surface area contributed by atoms with E-state index in [-0.39, 0.29) is 34.9 Å². The molecule has 1 aliphatic carbocycles. The molecule has 32 heavy (non-hydrogen) atoms. The van der Waals surface area contributed by atoms with E-state index in [1.165, 1.54) is 23.5 Å². The second-order valence-electron chi connectivity index (χ2n) is 7.37. The fourth-order valence-electron chi connectivity index (χ4n) is 3.79. The number of carbonyl (C=O) groups excluding carboxylic acids is 2. The lowest BCUT2D eigenvalue weighted by molar-refractivity contribution is -0.119. The molecule has 0 fully saturated rings. The molecule has 166 valence electrons. The number of nitrogens with one attached hydrogen (secondary N) is 2. The Morgan fingerprint density at radius 3 is 2.69 bits per heavy atom. The Hall–Kier alpha value is -2.60. The third-order valence-corrected chi connectivity index (χ3v) is 7.15. The summed E-state index contributed by atoms with van der Waals surface area (Å²) in [6.07, 6.45) is 7.68. The van der Waals surface area contributed by atoms with Gasteiger partial charge in [0.1, 0.15) is 5.71 Å². The first-order chi connectivity index (χ1) is 15.4. The Bertz CT molecular complexity index is 1150. The predicted molar refractivity (Wildman–Crippen MR) is 122 cm³/mol. The van der Waals surface area contributed by atoms with E-state index in [0.717, 1.165) is 41.0 Å². The first kappa shape index (κ1) is 22.6. The van der Waals surface area contributed by atoms with Crippen LogP contribution in [0.5, 0.6) is 0 Å². The number of hydrogen-bond donors (Lipinski definition) is 2. The average molecular weight is 494 g/mol. The van der Waals surface area contributed by atoms with E-state index in [9.17, 15) is 14.0 Å². The summed E-state index contributed by atoms with van der Waals surface area (Å²) in [7, 11) is 0. The number of carbonyl (C=O) groups is 2. The van der Waals surface area contributed by atoms with E-state index in [0.29, 0.717) is 16.9 Å². The minimum Gasteiger partial charge on any atom is -0.387 e. The van der Waals surface area contributed by atoms with Crippen LogP contribution in [0.2, 0.25) is 10.0 Å². The largest absolute Gasteiger partial charge is 0.387 e. The fraction of sp³-hybridized carbons (Fsp3) is 0.318. The fourth-order valence-corrected chi connectivity index (χ4v) is 5.60. The predicted octanol–water partition coefficient (Wildman–Crippen LogP) is 4.03. The van der Waals surface area contributed by atoms with Crippen LogP contribution in [-0.2, 0) is 22.5 Å². The number of hydrogen-bond acceptors (Lipinski definition) is 5. The van der Waals surface area contributed by atoms with Crippen LogP contribution in [0.15, 0.2) is 17.3 Å². The van der Waals surface area contributed by atoms with Crippen LogP contribution in [0.1, 0.15) is 50.2 Å². The minimum absolute atomic E-state index is 0.0770. The lowest BCUT2D eigenvalue weighted by atomic mass is 10.0. The maximum atomic E-state index is 13.7. The number of thiophene rings is 1. The highest BCUT2D eigenvalue weighted by Crippen LogP contribution is 2.40. The van der Waals surface area contributed by atoms with Crippen LogP contribution in [0.4, 0.5) is 4.39 Å². The zero-order chi connectivity index (χ0) is 22.8. The number of rotatable bonds is 6. The number of halogens is 3. The van der Waals surface area contributed by atoms with Crippen LogP contribution in [0, 0.1) is 18.2 Å². The van der Waals surface area contributed by atoms with Crippen molar-refractivity contribution in [2.45, 2.75) is 31.8 Å². The van der Waals surface area contributed by atoms with Gasteiger partial charge in [0, 0.05) is 6.42 Å². The minimum atomic E-state index is -0.670. The molecule has 1 aliphatic heterocycles. The molecule has 1 atom stereocenters. The smallest absolute Gasteiger partial charge is 0.262 e. The van der Waals surface area contributed by atoms with Crippen LogP contribution in [0.25, 0.3) is 0 Å². The zero-order valence-electron chi connectivity index (χ0n) is 16.8. The molecular weight excluding hydrogens is 476 g/mol. The second-order valence-corrected chi connectivity index (χ2v) is 9.20. The number of amides is 2. The summed E-state index contributed by atoms with van der Waals surface area (Å²) in [4.78, 5) is 31.5. The van der Waals surface area contributed by atoms with Crippen molar-refractivity contribution in [3.8, 4) is 12.3 Å². The monoisotopic (exact) mass is 493 g/mol. The summed E-state index contributed by atoms with van der Waals surface area (Å²) in [6, 6.07) is 2.96. The van der Waals surface area contributed by atoms with Crippen molar-refractivity contribution in [2.24, 2.45) is 5.16 Å². The van der Waals surface area contributed by atoms with E-state index in [1.807, 2.05) is 0 Å². The summed E-state index contributed by atoms with van der Waals surface area (Å²) in [5, 5.41) is 9.24. The maximum absolute atomic E-state index is 13.7. The lowest BCUT2D eigenvalue weighted by Gasteiger charge is -2.10. The molecule has 0 saturated carbocycles. The van der Waals surface area contributed by atoms with Gasteiger partial charge in [-0.1, -0.05) is 34.3 Å². The van der Waals surface area contributed by atoms with E-state index in [2.05, 4.69) is 21.7 Å². The lowest BCUT2D eigenvalue weighted by Crippen LogP contribution is -2.37. The normalized spacial score (nSPS) is 16.7. The second kappa shape index (κ2) is 9.49. The quantitative estimate of drug-likeness (QED) is 0.470. The summed E-state index contributed by atoms with van der Waals surface area (Å²) in [5.41, 5.74) is 3.44. The van der Waals surface area contributed by atoms with Crippen LogP contribution >= 0.6 is 34.5 Å². The van der Waals surface area contributed by atoms with Crippen LogP contribution < -0.4 is 10.6 Å². The maximum Gasteiger partial charge on any atom is 0.262 e. The van der Waals surface area contributed by atoms with Gasteiger partial charge in [0.2, 0.25) is 5.91 Å². The van der Waals surface area contributed by atoms with E-state index in [1.54, 1.807) is 0 Å². The molecule has 1 aromatic heterocycles. The van der Waals surface area contributed by atoms with Crippen LogP contribution in [-0.4, -0.2) is 30.6 Å². The molecule has 0 unspecified atom stereocenters. The van der Waals surface area contributed by atoms with E-state index < -0.39 is 11.9 Å². The van der Waals surface area contributed by atoms with Gasteiger partial charge in [-0.25, -0.2) is 4.39 Å². The highest BCUT2D eigenvalue weighted by molar-refractivity contribution is 7.16. The van der Waals surface area contributed by atoms with Gasteiger partial charge in [0.05, 0.1) is 32.9 Å². The van der Waals surface area contributed by atoms with Gasteiger partial charge in [-0.2, -0.15) is 0 Å². The van der Waals surface area contributed by atoms with Crippen molar-refractivity contribution >= 4 is 52.1 Å². The summed E-state index contributed by atoms with van der Waals surface area (Å²) < 4.78 is 13.7. The highest BCUT2D eigenvalue weighted by Gasteiger charge is 2.32. The van der Waals surface area contributed by atoms with Gasteiger partial charge in [0.15, 0.2) is 11.9 Å². The van der Waals surface area contributed by atoms with Gasteiger partial charge in [-0.05, 0) is 48.1 Å². The molecule has 0 spiro atoms. The van der Waals surface area contributed by atoms with Gasteiger partial charge >= 0.3 is 0 Å². The van der Waals surface area contributed by atoms with E-state index >= 15 is 0 Å². The summed E-state index contributed by atoms with van der Waals surface area (Å²) in [6.45, 7) is -0.0422. The Kier molecular flexibility index (Phi) is 6.70. The average Bonchev–Trinajstić information content (AvgIpc) is 3.50. The van der Waals surface area contributed by atoms with Crippen molar-refractivity contribution in [1.29, 1.82) is 0 Å². The standard InChI is InChI=1S/C22H18Cl2FN3O3S/c1-2-6-26-18(29)10-27-22(30)21-13-5-3-4-12(13)20(32-21)16-9-17(31-28-16)11-7-14(23)19(25)15(24)8-11/h1,7-8,17H,3-6,9-10H2,(H,26,29)(H,27,30)/t17-/m0/s1. The molecule has 2 aliphatic rings. The summed E-state index contributed by atoms with van der Waals surface area (Å²) >= 11 is 13.2. The Morgan fingerprint density at radius 2 is 1.97 bits per heavy atom. The zero-order valence-corrected chi connectivity index (χ0v) is 19.1. The molecule has 1 aromatic carbocycles. The molecule has 0 saturated heterocycles. The third-order valence-electron chi connectivity index (χ3n) is 5.28. The highest BCUT2D eigenvalue weighted by atomic mass is 35.5. The Labute approximate surface area is 198 Å². The van der Waals surface area contributed by atoms with Crippen molar-refractivity contribution < 1.29 is 18.8 Å².